The van der Waals surface area contributed by atoms with Gasteiger partial charge in [0.25, 0.3) is 0 Å². The van der Waals surface area contributed by atoms with Crippen LogP contribution in [0.15, 0.2) is 188 Å². The van der Waals surface area contributed by atoms with Gasteiger partial charge in [-0.05, 0) is 122 Å². The molecule has 4 fully saturated rings. The summed E-state index contributed by atoms with van der Waals surface area (Å²) in [5.41, 5.74) is 7.65. The lowest BCUT2D eigenvalue weighted by Gasteiger charge is -2.28. The molecule has 0 spiro atoms. The first-order valence-electron chi connectivity index (χ1n) is 24.4. The van der Waals surface area contributed by atoms with Gasteiger partial charge in [0.15, 0.2) is 0 Å². The number of hydrogen-bond donors (Lipinski definition) is 3. The summed E-state index contributed by atoms with van der Waals surface area (Å²) in [4.78, 5) is 42.6. The Hall–Kier alpha value is -8.16. The first kappa shape index (κ1) is 47.9. The third-order valence-corrected chi connectivity index (χ3v) is 12.5. The van der Waals surface area contributed by atoms with Crippen LogP contribution < -0.4 is 30.2 Å². The minimum Gasteiger partial charge on any atom is -0.424 e. The number of benzene rings is 5. The van der Waals surface area contributed by atoms with Gasteiger partial charge in [-0.25, -0.2) is 29.5 Å². The van der Waals surface area contributed by atoms with Crippen molar-refractivity contribution >= 4 is 24.3 Å². The number of nitrogens with one attached hydrogen (secondary N) is 3. The number of amides is 3. The number of para-hydroxylation sites is 1. The third-order valence-electron chi connectivity index (χ3n) is 12.5. The second kappa shape index (κ2) is 24.4. The van der Waals surface area contributed by atoms with Crippen molar-refractivity contribution in [1.29, 1.82) is 0 Å². The van der Waals surface area contributed by atoms with E-state index >= 15 is 0 Å². The number of urea groups is 1. The Bertz CT molecular complexity index is 2840. The van der Waals surface area contributed by atoms with Gasteiger partial charge >= 0.3 is 24.1 Å². The number of nitrogens with zero attached hydrogens (tertiary/aromatic N) is 5. The molecular weight excluding hydrogens is 889 g/mol. The Morgan fingerprint density at radius 3 is 1.48 bits per heavy atom. The Kier molecular flexibility index (Phi) is 16.5. The first-order chi connectivity index (χ1) is 35.0. The van der Waals surface area contributed by atoms with Crippen LogP contribution in [0.4, 0.5) is 9.59 Å². The van der Waals surface area contributed by atoms with E-state index in [4.69, 9.17) is 14.2 Å². The quantitative estimate of drug-likeness (QED) is 0.114. The molecule has 71 heavy (non-hydrogen) atoms. The Morgan fingerprint density at radius 1 is 0.521 bits per heavy atom. The molecule has 2 aliphatic carbocycles. The van der Waals surface area contributed by atoms with E-state index in [1.807, 2.05) is 83.8 Å². The zero-order valence-electron chi connectivity index (χ0n) is 39.6. The fourth-order valence-electron chi connectivity index (χ4n) is 8.60. The number of aromatic nitrogens is 4. The van der Waals surface area contributed by atoms with Gasteiger partial charge in [0.1, 0.15) is 17.2 Å². The van der Waals surface area contributed by atoms with Crippen LogP contribution in [-0.4, -0.2) is 75.2 Å². The number of carbonyl (C=O) groups excluding carboxylic acids is 2. The summed E-state index contributed by atoms with van der Waals surface area (Å²) in [6.45, 7) is 3.63. The minimum atomic E-state index is -0.380. The second-order valence-electron chi connectivity index (χ2n) is 17.8. The summed E-state index contributed by atoms with van der Waals surface area (Å²) >= 11 is 0. The molecule has 11 rings (SSSR count). The van der Waals surface area contributed by atoms with Crippen LogP contribution in [-0.2, 0) is 0 Å². The standard InChI is InChI=1S/C26H26N4O2.C16H17N3O.C16H15NO2/c31-26(29-24-18-23(24)21-7-2-1-3-8-21)30-14-10-19(11-15-30)16-20-6-4-9-22(17-20)32-25-27-12-5-13-28-25;1-3-14(11-13-5-9-17-10-6-13)12-15(4-1)20-16-18-7-2-8-19-16;18-16(19-13-9-5-2-6-10-13)17-15-11-14(15)12-7-3-1-4-8-12/h1-9,12-13,16-17,23-24H,10-11,14-15,18H2,(H,29,31);1-4,7-8,11-12,17H,5-6,9-10H2;1-10,14-15H,11H2,(H,17,18)/t23-,24+;;14-,15+/m0.0/s1. The monoisotopic (exact) mass is 946 g/mol. The molecule has 0 unspecified atom stereocenters. The highest BCUT2D eigenvalue weighted by Crippen LogP contribution is 2.41. The van der Waals surface area contributed by atoms with Crippen molar-refractivity contribution in [2.24, 2.45) is 0 Å². The smallest absolute Gasteiger partial charge is 0.412 e. The minimum absolute atomic E-state index is 0.0609. The summed E-state index contributed by atoms with van der Waals surface area (Å²) in [5.74, 6) is 2.91. The van der Waals surface area contributed by atoms with Gasteiger partial charge in [-0.1, -0.05) is 126 Å². The van der Waals surface area contributed by atoms with Crippen LogP contribution in [0, 0.1) is 0 Å². The van der Waals surface area contributed by atoms with E-state index in [0.29, 0.717) is 35.4 Å². The molecule has 360 valence electrons. The van der Waals surface area contributed by atoms with E-state index in [2.05, 4.69) is 96.6 Å². The van der Waals surface area contributed by atoms with Crippen molar-refractivity contribution in [3.05, 3.63) is 210 Å². The molecule has 0 bridgehead atoms. The Morgan fingerprint density at radius 2 is 0.972 bits per heavy atom. The molecule has 2 saturated heterocycles. The van der Waals surface area contributed by atoms with Crippen molar-refractivity contribution < 1.29 is 23.8 Å². The molecule has 13 heteroatoms. The SMILES string of the molecule is C(=C1CCNCC1)c1cccc(Oc2ncccn2)c1.O=C(N[C@@H]1C[C@H]1c1ccccc1)N1CCC(=Cc2cccc(Oc3ncccn3)c2)CC1.O=C(N[C@@H]1C[C@H]1c1ccccc1)Oc1ccccc1. The number of piperidine rings is 2. The highest BCUT2D eigenvalue weighted by Gasteiger charge is 2.41. The van der Waals surface area contributed by atoms with Crippen LogP contribution in [0.2, 0.25) is 0 Å². The van der Waals surface area contributed by atoms with Gasteiger partial charge in [0.05, 0.1) is 0 Å². The molecule has 2 saturated carbocycles. The summed E-state index contributed by atoms with van der Waals surface area (Å²) in [7, 11) is 0. The normalized spacial score (nSPS) is 18.7. The topological polar surface area (TPSA) is 153 Å². The molecular formula is C58H58N8O5. The van der Waals surface area contributed by atoms with Crippen molar-refractivity contribution in [2.75, 3.05) is 26.2 Å². The maximum atomic E-state index is 12.7. The first-order valence-corrected chi connectivity index (χ1v) is 24.4. The maximum absolute atomic E-state index is 12.7. The predicted molar refractivity (Wildman–Crippen MR) is 275 cm³/mol. The van der Waals surface area contributed by atoms with Gasteiger partial charge in [-0.15, -0.1) is 0 Å². The molecule has 13 nitrogen and oxygen atoms in total. The van der Waals surface area contributed by atoms with Crippen molar-refractivity contribution in [1.82, 2.24) is 40.8 Å². The van der Waals surface area contributed by atoms with Crippen LogP contribution in [0.3, 0.4) is 0 Å². The predicted octanol–water partition coefficient (Wildman–Crippen LogP) is 11.4. The average molecular weight is 947 g/mol. The molecule has 2 aliphatic heterocycles. The molecule has 3 N–H and O–H groups in total. The van der Waals surface area contributed by atoms with Crippen LogP contribution in [0.25, 0.3) is 12.2 Å². The van der Waals surface area contributed by atoms with E-state index in [0.717, 1.165) is 81.6 Å². The number of hydrogen-bond acceptors (Lipinski definition) is 10. The number of likely N-dealkylation sites (tertiary alicyclic amines) is 1. The van der Waals surface area contributed by atoms with Crippen molar-refractivity contribution in [2.45, 2.75) is 62.4 Å². The van der Waals surface area contributed by atoms with Gasteiger partial charge in [0, 0.05) is 61.8 Å². The van der Waals surface area contributed by atoms with E-state index in [-0.39, 0.29) is 24.2 Å². The zero-order chi connectivity index (χ0) is 48.5. The fraction of sp³-hybridized carbons (Fsp3) is 0.241. The molecule has 7 aromatic rings. The average Bonchev–Trinajstić information content (AvgIpc) is 4.36. The molecule has 4 heterocycles. The molecule has 2 aromatic heterocycles. The Balaban J connectivity index is 0.000000139. The van der Waals surface area contributed by atoms with Crippen LogP contribution in [0.1, 0.15) is 72.6 Å². The lowest BCUT2D eigenvalue weighted by atomic mass is 10.0. The molecule has 0 radical (unpaired) electrons. The van der Waals surface area contributed by atoms with Gasteiger partial charge in [-0.3, -0.25) is 0 Å². The summed E-state index contributed by atoms with van der Waals surface area (Å²) < 4.78 is 16.6. The van der Waals surface area contributed by atoms with Gasteiger partial charge in [-0.2, -0.15) is 0 Å². The van der Waals surface area contributed by atoms with Crippen molar-refractivity contribution in [3.63, 3.8) is 0 Å². The zero-order valence-corrected chi connectivity index (χ0v) is 39.6. The third kappa shape index (κ3) is 14.9. The van der Waals surface area contributed by atoms with E-state index in [9.17, 15) is 9.59 Å². The van der Waals surface area contributed by atoms with Crippen LogP contribution >= 0.6 is 0 Å². The summed E-state index contributed by atoms with van der Waals surface area (Å²) in [6, 6.07) is 50.4. The fourth-order valence-corrected chi connectivity index (χ4v) is 8.60. The number of rotatable bonds is 11. The van der Waals surface area contributed by atoms with Crippen molar-refractivity contribution in [3.8, 4) is 29.3 Å². The lowest BCUT2D eigenvalue weighted by Crippen LogP contribution is -2.44. The van der Waals surface area contributed by atoms with Crippen LogP contribution in [0.5, 0.6) is 29.3 Å². The summed E-state index contributed by atoms with van der Waals surface area (Å²) in [6.07, 6.45) is 16.7. The van der Waals surface area contributed by atoms with Gasteiger partial charge in [0.2, 0.25) is 0 Å². The lowest BCUT2D eigenvalue weighted by molar-refractivity contribution is 0.193. The van der Waals surface area contributed by atoms with E-state index < -0.39 is 0 Å². The maximum Gasteiger partial charge on any atom is 0.412 e. The molecule has 4 atom stereocenters. The van der Waals surface area contributed by atoms with E-state index in [1.165, 1.54) is 22.3 Å². The van der Waals surface area contributed by atoms with Gasteiger partial charge < -0.3 is 35.1 Å². The molecule has 5 aromatic carbocycles. The van der Waals surface area contributed by atoms with E-state index in [1.54, 1.807) is 49.1 Å². The molecule has 4 aliphatic rings. The largest absolute Gasteiger partial charge is 0.424 e. The second-order valence-corrected chi connectivity index (χ2v) is 17.8. The summed E-state index contributed by atoms with van der Waals surface area (Å²) in [5, 5.41) is 9.46. The Labute approximate surface area is 415 Å². The highest BCUT2D eigenvalue weighted by atomic mass is 16.6. The number of carbonyl (C=O) groups is 2. The highest BCUT2D eigenvalue weighted by molar-refractivity contribution is 5.75. The number of ether oxygens (including phenoxy) is 3. The molecule has 3 amide bonds.